The molecule has 13 heavy (non-hydrogen) atoms. The van der Waals surface area contributed by atoms with Crippen LogP contribution in [0.1, 0.15) is 25.3 Å². The molecule has 0 saturated carbocycles. The molecule has 0 spiro atoms. The fourth-order valence-corrected chi connectivity index (χ4v) is 1.45. The lowest BCUT2D eigenvalue weighted by Crippen LogP contribution is -1.93. The van der Waals surface area contributed by atoms with Gasteiger partial charge in [0.25, 0.3) is 11.2 Å². The Bertz CT molecular complexity index is 545. The van der Waals surface area contributed by atoms with Crippen LogP contribution in [0.4, 0.5) is 0 Å². The van der Waals surface area contributed by atoms with Crippen molar-refractivity contribution in [3.8, 4) is 0 Å². The molecule has 0 unspecified atom stereocenters. The first-order valence-corrected chi connectivity index (χ1v) is 4.17. The van der Waals surface area contributed by atoms with Gasteiger partial charge in [0.2, 0.25) is 11.2 Å². The predicted molar refractivity (Wildman–Crippen MR) is 44.6 cm³/mol. The highest BCUT2D eigenvalue weighted by atomic mass is 17.0. The molecule has 0 atom stereocenters. The average Bonchev–Trinajstić information content (AvgIpc) is 2.00. The molecule has 0 N–H and O–H groups in total. The van der Waals surface area contributed by atoms with E-state index in [4.69, 9.17) is 18.3 Å². The third kappa shape index (κ3) is 0.703. The summed E-state index contributed by atoms with van der Waals surface area (Å²) in [5, 5.41) is 0. The summed E-state index contributed by atoms with van der Waals surface area (Å²) in [6.45, 7) is 4.17. The van der Waals surface area contributed by atoms with Crippen molar-refractivity contribution < 1.29 is 18.3 Å². The predicted octanol–water partition coefficient (Wildman–Crippen LogP) is 3.49. The van der Waals surface area contributed by atoms with Gasteiger partial charge in [0.05, 0.1) is 0 Å². The zero-order valence-corrected chi connectivity index (χ0v) is 7.29. The number of benzene rings is 1. The van der Waals surface area contributed by atoms with Gasteiger partial charge in [0.15, 0.2) is 0 Å². The van der Waals surface area contributed by atoms with E-state index in [1.54, 1.807) is 0 Å². The molecular formula is C9H8O4. The smallest absolute Gasteiger partial charge is 0.277 e. The van der Waals surface area contributed by atoms with E-state index in [1.807, 2.05) is 6.07 Å². The van der Waals surface area contributed by atoms with Crippen LogP contribution < -0.4 is 0 Å². The van der Waals surface area contributed by atoms with Gasteiger partial charge in [-0.3, -0.25) is 18.3 Å². The molecule has 0 aliphatic carbocycles. The van der Waals surface area contributed by atoms with E-state index in [1.165, 1.54) is 0 Å². The number of hydrogen-bond donors (Lipinski definition) is 0. The second-order valence-corrected chi connectivity index (χ2v) is 3.44. The van der Waals surface area contributed by atoms with Crippen LogP contribution >= 0.6 is 0 Å². The van der Waals surface area contributed by atoms with Crippen molar-refractivity contribution in [1.29, 1.82) is 0 Å². The summed E-state index contributed by atoms with van der Waals surface area (Å²) in [6, 6.07) is 1.92. The summed E-state index contributed by atoms with van der Waals surface area (Å²) in [5.41, 5.74) is 3.89. The van der Waals surface area contributed by atoms with Crippen LogP contribution in [-0.2, 0) is 0 Å². The second kappa shape index (κ2) is 2.02. The molecule has 0 bridgehead atoms. The molecule has 0 aliphatic rings. The molecule has 68 valence electrons. The SMILES string of the molecule is CC(C)c1cc2ooc2c2ooc12. The molecule has 3 aromatic rings. The summed E-state index contributed by atoms with van der Waals surface area (Å²) < 4.78 is 19.3. The van der Waals surface area contributed by atoms with Gasteiger partial charge in [-0.25, -0.2) is 0 Å². The summed E-state index contributed by atoms with van der Waals surface area (Å²) in [6.07, 6.45) is 0. The maximum atomic E-state index is 4.90. The van der Waals surface area contributed by atoms with Crippen LogP contribution in [-0.4, -0.2) is 0 Å². The van der Waals surface area contributed by atoms with Crippen molar-refractivity contribution in [2.45, 2.75) is 19.8 Å². The zero-order valence-electron chi connectivity index (χ0n) is 7.29. The van der Waals surface area contributed by atoms with E-state index >= 15 is 0 Å². The normalized spacial score (nSPS) is 12.5. The molecule has 4 nitrogen and oxygen atoms in total. The van der Waals surface area contributed by atoms with Gasteiger partial charge in [-0.05, 0) is 12.0 Å². The third-order valence-corrected chi connectivity index (χ3v) is 2.23. The van der Waals surface area contributed by atoms with Gasteiger partial charge < -0.3 is 0 Å². The zero-order chi connectivity index (χ0) is 9.00. The summed E-state index contributed by atoms with van der Waals surface area (Å²) in [4.78, 5) is 0. The van der Waals surface area contributed by atoms with Crippen LogP contribution in [0.15, 0.2) is 24.4 Å². The summed E-state index contributed by atoms with van der Waals surface area (Å²) in [5.74, 6) is 0.382. The Kier molecular flexibility index (Phi) is 1.07. The molecule has 1 aromatic carbocycles. The van der Waals surface area contributed by atoms with Crippen molar-refractivity contribution in [2.75, 3.05) is 0 Å². The molecule has 2 aromatic heterocycles. The van der Waals surface area contributed by atoms with E-state index < -0.39 is 0 Å². The molecule has 2 heterocycles. The highest BCUT2D eigenvalue weighted by Crippen LogP contribution is 2.36. The molecule has 3 rings (SSSR count). The fourth-order valence-electron chi connectivity index (χ4n) is 1.45. The fraction of sp³-hybridized carbons (Fsp3) is 0.333. The summed E-state index contributed by atoms with van der Waals surface area (Å²) >= 11 is 0. The molecule has 0 radical (unpaired) electrons. The number of rotatable bonds is 1. The standard InChI is InChI=1S/C9H8O4/c1-4(2)5-3-6-8(12-10-6)9-7(5)11-13-9/h3-4H,1-2H3. The van der Waals surface area contributed by atoms with Crippen LogP contribution in [0, 0.1) is 0 Å². The van der Waals surface area contributed by atoms with E-state index in [-0.39, 0.29) is 0 Å². The average molecular weight is 180 g/mol. The minimum absolute atomic E-state index is 0.382. The lowest BCUT2D eigenvalue weighted by atomic mass is 10.0. The maximum Gasteiger partial charge on any atom is 0.277 e. The van der Waals surface area contributed by atoms with Crippen LogP contribution in [0.3, 0.4) is 0 Å². The van der Waals surface area contributed by atoms with Crippen molar-refractivity contribution in [1.82, 2.24) is 0 Å². The van der Waals surface area contributed by atoms with E-state index in [9.17, 15) is 0 Å². The molecule has 4 heteroatoms. The van der Waals surface area contributed by atoms with Gasteiger partial charge in [-0.2, -0.15) is 0 Å². The Morgan fingerprint density at radius 2 is 1.62 bits per heavy atom. The number of fused-ring (bicyclic) bond motifs is 3. The van der Waals surface area contributed by atoms with E-state index in [0.717, 1.165) is 16.7 Å². The minimum Gasteiger partial charge on any atom is -0.285 e. The van der Waals surface area contributed by atoms with Gasteiger partial charge in [0, 0.05) is 5.56 Å². The van der Waals surface area contributed by atoms with Gasteiger partial charge in [-0.15, -0.1) is 0 Å². The molecule has 0 amide bonds. The Labute approximate surface area is 72.9 Å². The first-order valence-electron chi connectivity index (χ1n) is 4.17. The topological polar surface area (TPSA) is 52.6 Å². The van der Waals surface area contributed by atoms with Crippen molar-refractivity contribution in [3.05, 3.63) is 11.6 Å². The van der Waals surface area contributed by atoms with Crippen molar-refractivity contribution in [3.63, 3.8) is 0 Å². The monoisotopic (exact) mass is 180 g/mol. The Balaban J connectivity index is 2.41. The van der Waals surface area contributed by atoms with Gasteiger partial charge >= 0.3 is 0 Å². The molecule has 0 aliphatic heterocycles. The summed E-state index contributed by atoms with van der Waals surface area (Å²) in [7, 11) is 0. The molecular weight excluding hydrogens is 172 g/mol. The highest BCUT2D eigenvalue weighted by Gasteiger charge is 2.23. The first kappa shape index (κ1) is 6.88. The Hall–Kier alpha value is -1.58. The first-order chi connectivity index (χ1) is 6.27. The van der Waals surface area contributed by atoms with Crippen LogP contribution in [0.5, 0.6) is 0 Å². The van der Waals surface area contributed by atoms with Crippen molar-refractivity contribution in [2.24, 2.45) is 0 Å². The quantitative estimate of drug-likeness (QED) is 0.538. The maximum absolute atomic E-state index is 4.90. The Morgan fingerprint density at radius 1 is 0.923 bits per heavy atom. The largest absolute Gasteiger partial charge is 0.285 e. The van der Waals surface area contributed by atoms with Crippen LogP contribution in [0.25, 0.3) is 22.3 Å². The molecule has 0 saturated heterocycles. The second-order valence-electron chi connectivity index (χ2n) is 3.44. The van der Waals surface area contributed by atoms with Crippen LogP contribution in [0.2, 0.25) is 0 Å². The van der Waals surface area contributed by atoms with E-state index in [0.29, 0.717) is 17.1 Å². The van der Waals surface area contributed by atoms with Gasteiger partial charge in [-0.1, -0.05) is 13.8 Å². The lowest BCUT2D eigenvalue weighted by Gasteiger charge is -2.10. The van der Waals surface area contributed by atoms with E-state index in [2.05, 4.69) is 13.8 Å². The third-order valence-electron chi connectivity index (χ3n) is 2.23. The highest BCUT2D eigenvalue weighted by molar-refractivity contribution is 5.98. The molecule has 0 fully saturated rings. The lowest BCUT2D eigenvalue weighted by molar-refractivity contribution is 0.0360. The minimum atomic E-state index is 0.382. The number of hydrogen-bond acceptors (Lipinski definition) is 4. The van der Waals surface area contributed by atoms with Gasteiger partial charge in [0.1, 0.15) is 0 Å². The Morgan fingerprint density at radius 3 is 2.08 bits per heavy atom. The van der Waals surface area contributed by atoms with Crippen molar-refractivity contribution >= 4 is 22.3 Å².